The molecule has 21 heavy (non-hydrogen) atoms. The van der Waals surface area contributed by atoms with Crippen LogP contribution in [0, 0.1) is 5.82 Å². The molecule has 2 aromatic rings. The van der Waals surface area contributed by atoms with Crippen LogP contribution in [0.5, 0.6) is 0 Å². The lowest BCUT2D eigenvalue weighted by Crippen LogP contribution is -2.19. The maximum atomic E-state index is 13.4. The topological polar surface area (TPSA) is 59.1 Å². The second-order valence-corrected chi connectivity index (χ2v) is 5.54. The first-order valence-corrected chi connectivity index (χ1v) is 7.00. The molecule has 0 atom stereocenters. The summed E-state index contributed by atoms with van der Waals surface area (Å²) in [5, 5.41) is -0.970. The van der Waals surface area contributed by atoms with Gasteiger partial charge in [-0.25, -0.2) is 9.37 Å². The third kappa shape index (κ3) is 3.30. The van der Waals surface area contributed by atoms with Crippen LogP contribution >= 0.6 is 0 Å². The van der Waals surface area contributed by atoms with E-state index in [9.17, 15) is 26.0 Å². The molecule has 1 heterocycles. The number of nitrogens with one attached hydrogen (secondary N) is 1. The van der Waals surface area contributed by atoms with Crippen LogP contribution in [-0.4, -0.2) is 13.4 Å². The van der Waals surface area contributed by atoms with Gasteiger partial charge in [-0.2, -0.15) is 21.6 Å². The van der Waals surface area contributed by atoms with Gasteiger partial charge in [0.15, 0.2) is 5.82 Å². The molecule has 0 aliphatic heterocycles. The van der Waals surface area contributed by atoms with Gasteiger partial charge in [-0.05, 0) is 24.3 Å². The Balaban J connectivity index is 2.46. The van der Waals surface area contributed by atoms with E-state index in [2.05, 4.69) is 4.98 Å². The van der Waals surface area contributed by atoms with Crippen molar-refractivity contribution in [2.75, 3.05) is 4.72 Å². The Morgan fingerprint density at radius 3 is 2.33 bits per heavy atom. The lowest BCUT2D eigenvalue weighted by atomic mass is 10.2. The summed E-state index contributed by atoms with van der Waals surface area (Å²) in [6.45, 7) is 0. The normalized spacial score (nSPS) is 12.2. The maximum absolute atomic E-state index is 13.4. The number of pyridine rings is 1. The van der Waals surface area contributed by atoms with E-state index in [4.69, 9.17) is 0 Å². The van der Waals surface area contributed by atoms with E-state index < -0.39 is 38.3 Å². The van der Waals surface area contributed by atoms with Crippen molar-refractivity contribution in [3.05, 3.63) is 54.0 Å². The van der Waals surface area contributed by atoms with Gasteiger partial charge in [0.25, 0.3) is 10.0 Å². The van der Waals surface area contributed by atoms with Gasteiger partial charge in [0.2, 0.25) is 5.03 Å². The molecule has 0 spiro atoms. The minimum absolute atomic E-state index is 0.699. The maximum Gasteiger partial charge on any atom is 0.418 e. The fourth-order valence-corrected chi connectivity index (χ4v) is 2.67. The Kier molecular flexibility index (Phi) is 3.86. The van der Waals surface area contributed by atoms with E-state index in [1.165, 1.54) is 6.07 Å². The molecule has 9 heteroatoms. The fraction of sp³-hybridized carbons (Fsp3) is 0.0833. The monoisotopic (exact) mass is 320 g/mol. The molecule has 0 aliphatic rings. The van der Waals surface area contributed by atoms with Gasteiger partial charge in [0.05, 0.1) is 11.3 Å². The van der Waals surface area contributed by atoms with E-state index in [0.717, 1.165) is 30.5 Å². The summed E-state index contributed by atoms with van der Waals surface area (Å²) < 4.78 is 77.3. The zero-order valence-electron chi connectivity index (χ0n) is 10.2. The Hall–Kier alpha value is -2.16. The van der Waals surface area contributed by atoms with Crippen molar-refractivity contribution in [3.8, 4) is 0 Å². The van der Waals surface area contributed by atoms with Gasteiger partial charge >= 0.3 is 6.18 Å². The number of nitrogens with zero attached hydrogens (tertiary/aromatic N) is 1. The number of anilines is 1. The molecule has 0 bridgehead atoms. The largest absolute Gasteiger partial charge is 0.418 e. The van der Waals surface area contributed by atoms with E-state index in [1.807, 2.05) is 0 Å². The number of sulfonamides is 1. The molecule has 0 saturated carbocycles. The van der Waals surface area contributed by atoms with Crippen molar-refractivity contribution in [3.63, 3.8) is 0 Å². The Bertz CT molecular complexity index is 760. The Morgan fingerprint density at radius 2 is 1.71 bits per heavy atom. The second kappa shape index (κ2) is 5.32. The minimum atomic E-state index is -4.75. The quantitative estimate of drug-likeness (QED) is 0.884. The second-order valence-electron chi connectivity index (χ2n) is 3.94. The third-order valence-corrected chi connectivity index (χ3v) is 3.75. The number of hydrogen-bond acceptors (Lipinski definition) is 3. The summed E-state index contributed by atoms with van der Waals surface area (Å²) in [6, 6.07) is 5.99. The molecule has 4 nitrogen and oxygen atoms in total. The average Bonchev–Trinajstić information content (AvgIpc) is 2.38. The van der Waals surface area contributed by atoms with Crippen LogP contribution in [0.1, 0.15) is 5.56 Å². The number of alkyl halides is 3. The molecular weight excluding hydrogens is 312 g/mol. The minimum Gasteiger partial charge on any atom is -0.278 e. The molecule has 0 amide bonds. The number of halogens is 4. The average molecular weight is 320 g/mol. The predicted molar refractivity (Wildman–Crippen MR) is 66.4 cm³/mol. The lowest BCUT2D eigenvalue weighted by molar-refractivity contribution is -0.136. The van der Waals surface area contributed by atoms with Crippen molar-refractivity contribution in [2.45, 2.75) is 11.2 Å². The van der Waals surface area contributed by atoms with Gasteiger partial charge in [0.1, 0.15) is 0 Å². The molecule has 0 radical (unpaired) electrons. The number of benzene rings is 1. The molecule has 112 valence electrons. The summed E-state index contributed by atoms with van der Waals surface area (Å²) in [7, 11) is -4.56. The third-order valence-electron chi connectivity index (χ3n) is 2.46. The molecule has 0 saturated heterocycles. The van der Waals surface area contributed by atoms with Crippen LogP contribution in [-0.2, 0) is 16.2 Å². The first-order valence-electron chi connectivity index (χ1n) is 5.51. The standard InChI is InChI=1S/C12H8F4N2O2S/c13-9-5-3-7-17-11(9)21(19,20)18-10-6-2-1-4-8(10)12(14,15)16/h1-7,18H. The zero-order valence-corrected chi connectivity index (χ0v) is 11.0. The number of rotatable bonds is 3. The van der Waals surface area contributed by atoms with Crippen LogP contribution in [0.15, 0.2) is 47.6 Å². The number of para-hydroxylation sites is 1. The molecule has 0 aliphatic carbocycles. The van der Waals surface area contributed by atoms with Gasteiger partial charge in [-0.1, -0.05) is 12.1 Å². The van der Waals surface area contributed by atoms with E-state index in [1.54, 1.807) is 4.72 Å². The molecule has 1 N–H and O–H groups in total. The molecule has 1 aromatic heterocycles. The molecule has 2 rings (SSSR count). The van der Waals surface area contributed by atoms with Crippen LogP contribution in [0.3, 0.4) is 0 Å². The summed E-state index contributed by atoms with van der Waals surface area (Å²) in [4.78, 5) is 3.33. The lowest BCUT2D eigenvalue weighted by Gasteiger charge is -2.14. The van der Waals surface area contributed by atoms with Crippen molar-refractivity contribution >= 4 is 15.7 Å². The van der Waals surface area contributed by atoms with Gasteiger partial charge in [-0.15, -0.1) is 0 Å². The highest BCUT2D eigenvalue weighted by molar-refractivity contribution is 7.92. The Labute approximate surface area is 117 Å². The molecule has 0 unspecified atom stereocenters. The highest BCUT2D eigenvalue weighted by atomic mass is 32.2. The SMILES string of the molecule is O=S(=O)(Nc1ccccc1C(F)(F)F)c1ncccc1F. The van der Waals surface area contributed by atoms with Crippen LogP contribution < -0.4 is 4.72 Å². The molecule has 0 fully saturated rings. The van der Waals surface area contributed by atoms with Crippen molar-refractivity contribution < 1.29 is 26.0 Å². The van der Waals surface area contributed by atoms with E-state index in [-0.39, 0.29) is 0 Å². The Morgan fingerprint density at radius 1 is 1.05 bits per heavy atom. The molecule has 1 aromatic carbocycles. The van der Waals surface area contributed by atoms with E-state index >= 15 is 0 Å². The smallest absolute Gasteiger partial charge is 0.278 e. The van der Waals surface area contributed by atoms with E-state index in [0.29, 0.717) is 6.07 Å². The summed E-state index contributed by atoms with van der Waals surface area (Å²) in [6.07, 6.45) is -3.73. The van der Waals surface area contributed by atoms with Crippen molar-refractivity contribution in [2.24, 2.45) is 0 Å². The van der Waals surface area contributed by atoms with Crippen molar-refractivity contribution in [1.82, 2.24) is 4.98 Å². The molecular formula is C12H8F4N2O2S. The zero-order chi connectivity index (χ0) is 15.7. The van der Waals surface area contributed by atoms with Crippen LogP contribution in [0.2, 0.25) is 0 Å². The van der Waals surface area contributed by atoms with Gasteiger partial charge < -0.3 is 0 Å². The summed E-state index contributed by atoms with van der Waals surface area (Å²) >= 11 is 0. The fourth-order valence-electron chi connectivity index (χ4n) is 1.58. The first kappa shape index (κ1) is 15.2. The highest BCUT2D eigenvalue weighted by Gasteiger charge is 2.34. The first-order chi connectivity index (χ1) is 9.72. The van der Waals surface area contributed by atoms with Gasteiger partial charge in [-0.3, -0.25) is 4.72 Å². The number of hydrogen-bond donors (Lipinski definition) is 1. The summed E-state index contributed by atoms with van der Waals surface area (Å²) in [5.74, 6) is -1.16. The van der Waals surface area contributed by atoms with Crippen molar-refractivity contribution in [1.29, 1.82) is 0 Å². The van der Waals surface area contributed by atoms with Crippen LogP contribution in [0.4, 0.5) is 23.2 Å². The van der Waals surface area contributed by atoms with Gasteiger partial charge in [0, 0.05) is 6.20 Å². The highest BCUT2D eigenvalue weighted by Crippen LogP contribution is 2.35. The van der Waals surface area contributed by atoms with Crippen LogP contribution in [0.25, 0.3) is 0 Å². The number of aromatic nitrogens is 1. The summed E-state index contributed by atoms with van der Waals surface area (Å²) in [5.41, 5.74) is -1.88. The predicted octanol–water partition coefficient (Wildman–Crippen LogP) is 3.04.